The number of nitrogens with zero attached hydrogens (tertiary/aromatic N) is 4. The van der Waals surface area contributed by atoms with Crippen LogP contribution in [0.3, 0.4) is 0 Å². The molecular formula is C18H31N5O. The number of aromatic nitrogens is 2. The summed E-state index contributed by atoms with van der Waals surface area (Å²) in [6.45, 7) is 13.4. The Kier molecular flexibility index (Phi) is 6.15. The second-order valence-electron chi connectivity index (χ2n) is 7.43. The van der Waals surface area contributed by atoms with Gasteiger partial charge in [-0.15, -0.1) is 0 Å². The monoisotopic (exact) mass is 333 g/mol. The van der Waals surface area contributed by atoms with Crippen molar-refractivity contribution < 1.29 is 4.79 Å². The molecule has 2 heterocycles. The zero-order chi connectivity index (χ0) is 17.9. The van der Waals surface area contributed by atoms with Gasteiger partial charge in [0.05, 0.1) is 6.04 Å². The van der Waals surface area contributed by atoms with Crippen molar-refractivity contribution in [3.63, 3.8) is 0 Å². The first-order chi connectivity index (χ1) is 11.3. The zero-order valence-corrected chi connectivity index (χ0v) is 15.6. The zero-order valence-electron chi connectivity index (χ0n) is 15.6. The minimum atomic E-state index is -0.384. The molecule has 0 aromatic carbocycles. The van der Waals surface area contributed by atoms with Crippen molar-refractivity contribution in [2.75, 3.05) is 31.1 Å². The molecule has 1 aromatic heterocycles. The molecule has 0 aliphatic carbocycles. The molecule has 0 bridgehead atoms. The van der Waals surface area contributed by atoms with E-state index in [-0.39, 0.29) is 11.9 Å². The third-order valence-electron chi connectivity index (χ3n) is 4.33. The SMILES string of the molecule is Cc1cc(N2CCN(C(=O)[C@@H](N)CC(C)C)CC2)nc(C(C)C)n1. The lowest BCUT2D eigenvalue weighted by Crippen LogP contribution is -2.53. The summed E-state index contributed by atoms with van der Waals surface area (Å²) in [6.07, 6.45) is 0.738. The highest BCUT2D eigenvalue weighted by atomic mass is 16.2. The average Bonchev–Trinajstić information content (AvgIpc) is 2.53. The maximum atomic E-state index is 12.4. The minimum absolute atomic E-state index is 0.0742. The van der Waals surface area contributed by atoms with Gasteiger partial charge >= 0.3 is 0 Å². The van der Waals surface area contributed by atoms with E-state index < -0.39 is 0 Å². The molecular weight excluding hydrogens is 302 g/mol. The van der Waals surface area contributed by atoms with Gasteiger partial charge in [0.25, 0.3) is 0 Å². The molecule has 0 spiro atoms. The Morgan fingerprint density at radius 1 is 1.17 bits per heavy atom. The van der Waals surface area contributed by atoms with Gasteiger partial charge in [-0.3, -0.25) is 4.79 Å². The Labute approximate surface area is 145 Å². The lowest BCUT2D eigenvalue weighted by atomic mass is 10.0. The average molecular weight is 333 g/mol. The molecule has 1 saturated heterocycles. The third kappa shape index (κ3) is 4.66. The molecule has 134 valence electrons. The van der Waals surface area contributed by atoms with Crippen LogP contribution < -0.4 is 10.6 Å². The number of hydrogen-bond donors (Lipinski definition) is 1. The summed E-state index contributed by atoms with van der Waals surface area (Å²) in [6, 6.07) is 1.64. The quantitative estimate of drug-likeness (QED) is 0.891. The molecule has 1 atom stereocenters. The van der Waals surface area contributed by atoms with Crippen molar-refractivity contribution >= 4 is 11.7 Å². The first-order valence-electron chi connectivity index (χ1n) is 8.92. The normalized spacial score (nSPS) is 16.8. The number of amides is 1. The molecule has 0 radical (unpaired) electrons. The molecule has 1 amide bonds. The number of nitrogens with two attached hydrogens (primary N) is 1. The van der Waals surface area contributed by atoms with Crippen LogP contribution in [-0.4, -0.2) is 53.0 Å². The van der Waals surface area contributed by atoms with E-state index in [1.165, 1.54) is 0 Å². The fourth-order valence-corrected chi connectivity index (χ4v) is 2.99. The van der Waals surface area contributed by atoms with Gasteiger partial charge in [0.2, 0.25) is 5.91 Å². The van der Waals surface area contributed by atoms with E-state index in [1.807, 2.05) is 17.9 Å². The van der Waals surface area contributed by atoms with E-state index in [9.17, 15) is 4.79 Å². The summed E-state index contributed by atoms with van der Waals surface area (Å²) in [5.74, 6) is 2.65. The van der Waals surface area contributed by atoms with E-state index in [0.29, 0.717) is 24.9 Å². The largest absolute Gasteiger partial charge is 0.353 e. The van der Waals surface area contributed by atoms with Crippen molar-refractivity contribution in [3.05, 3.63) is 17.6 Å². The molecule has 1 aliphatic rings. The van der Waals surface area contributed by atoms with Crippen LogP contribution in [0.4, 0.5) is 5.82 Å². The van der Waals surface area contributed by atoms with Gasteiger partial charge in [-0.25, -0.2) is 9.97 Å². The topological polar surface area (TPSA) is 75.3 Å². The van der Waals surface area contributed by atoms with E-state index in [4.69, 9.17) is 5.73 Å². The molecule has 0 saturated carbocycles. The maximum absolute atomic E-state index is 12.4. The summed E-state index contributed by atoms with van der Waals surface area (Å²) >= 11 is 0. The fraction of sp³-hybridized carbons (Fsp3) is 0.722. The van der Waals surface area contributed by atoms with Crippen LogP contribution in [0.25, 0.3) is 0 Å². The van der Waals surface area contributed by atoms with Crippen molar-refractivity contribution in [1.82, 2.24) is 14.9 Å². The summed E-state index contributed by atoms with van der Waals surface area (Å²) in [7, 11) is 0. The molecule has 1 aliphatic heterocycles. The molecule has 1 aromatic rings. The summed E-state index contributed by atoms with van der Waals surface area (Å²) in [5.41, 5.74) is 7.03. The van der Waals surface area contributed by atoms with Gasteiger partial charge in [0.1, 0.15) is 11.6 Å². The second-order valence-corrected chi connectivity index (χ2v) is 7.43. The second kappa shape index (κ2) is 7.92. The van der Waals surface area contributed by atoms with Crippen LogP contribution in [0.5, 0.6) is 0 Å². The number of anilines is 1. The number of rotatable bonds is 5. The van der Waals surface area contributed by atoms with Gasteiger partial charge in [-0.05, 0) is 19.3 Å². The van der Waals surface area contributed by atoms with Crippen molar-refractivity contribution in [3.8, 4) is 0 Å². The Morgan fingerprint density at radius 3 is 2.33 bits per heavy atom. The minimum Gasteiger partial charge on any atom is -0.353 e. The lowest BCUT2D eigenvalue weighted by molar-refractivity contribution is -0.133. The number of piperazine rings is 1. The molecule has 6 nitrogen and oxygen atoms in total. The number of carbonyl (C=O) groups excluding carboxylic acids is 1. The standard InChI is InChI=1S/C18H31N5O/c1-12(2)10-15(19)18(24)23-8-6-22(7-9-23)16-11-14(5)20-17(21-16)13(3)4/h11-13,15H,6-10,19H2,1-5H3/t15-/m0/s1. The van der Waals surface area contributed by atoms with Gasteiger partial charge in [0.15, 0.2) is 0 Å². The smallest absolute Gasteiger partial charge is 0.239 e. The number of aryl methyl sites for hydroxylation is 1. The Balaban J connectivity index is 1.99. The molecule has 2 rings (SSSR count). The predicted octanol–water partition coefficient (Wildman–Crippen LogP) is 1.93. The number of carbonyl (C=O) groups is 1. The Hall–Kier alpha value is -1.69. The summed E-state index contributed by atoms with van der Waals surface area (Å²) < 4.78 is 0. The van der Waals surface area contributed by atoms with E-state index in [0.717, 1.165) is 36.8 Å². The highest BCUT2D eigenvalue weighted by molar-refractivity contribution is 5.81. The van der Waals surface area contributed by atoms with Crippen LogP contribution in [0.1, 0.15) is 51.6 Å². The molecule has 24 heavy (non-hydrogen) atoms. The van der Waals surface area contributed by atoms with E-state index >= 15 is 0 Å². The van der Waals surface area contributed by atoms with Gasteiger partial charge in [-0.1, -0.05) is 27.7 Å². The van der Waals surface area contributed by atoms with Crippen LogP contribution in [-0.2, 0) is 4.79 Å². The summed E-state index contributed by atoms with van der Waals surface area (Å²) in [5, 5.41) is 0. The van der Waals surface area contributed by atoms with E-state index in [2.05, 4.69) is 42.6 Å². The highest BCUT2D eigenvalue weighted by Crippen LogP contribution is 2.19. The van der Waals surface area contributed by atoms with Crippen LogP contribution in [0, 0.1) is 12.8 Å². The highest BCUT2D eigenvalue weighted by Gasteiger charge is 2.26. The van der Waals surface area contributed by atoms with Crippen LogP contribution in [0.2, 0.25) is 0 Å². The van der Waals surface area contributed by atoms with Crippen molar-refractivity contribution in [1.29, 1.82) is 0 Å². The molecule has 6 heteroatoms. The van der Waals surface area contributed by atoms with Crippen molar-refractivity contribution in [2.24, 2.45) is 11.7 Å². The predicted molar refractivity (Wildman–Crippen MR) is 97.1 cm³/mol. The fourth-order valence-electron chi connectivity index (χ4n) is 2.99. The molecule has 2 N–H and O–H groups in total. The van der Waals surface area contributed by atoms with Gasteiger partial charge < -0.3 is 15.5 Å². The molecule has 0 unspecified atom stereocenters. The Morgan fingerprint density at radius 2 is 1.79 bits per heavy atom. The van der Waals surface area contributed by atoms with Gasteiger partial charge in [-0.2, -0.15) is 0 Å². The number of hydrogen-bond acceptors (Lipinski definition) is 5. The van der Waals surface area contributed by atoms with Gasteiger partial charge in [0, 0.05) is 43.9 Å². The first-order valence-corrected chi connectivity index (χ1v) is 8.92. The summed E-state index contributed by atoms with van der Waals surface area (Å²) in [4.78, 5) is 25.7. The van der Waals surface area contributed by atoms with Crippen LogP contribution in [0.15, 0.2) is 6.07 Å². The Bertz CT molecular complexity index is 565. The molecule has 1 fully saturated rings. The van der Waals surface area contributed by atoms with Crippen molar-refractivity contribution in [2.45, 2.75) is 53.0 Å². The maximum Gasteiger partial charge on any atom is 0.239 e. The van der Waals surface area contributed by atoms with E-state index in [1.54, 1.807) is 0 Å². The lowest BCUT2D eigenvalue weighted by Gasteiger charge is -2.36. The third-order valence-corrected chi connectivity index (χ3v) is 4.33. The first kappa shape index (κ1) is 18.6. The van der Waals surface area contributed by atoms with Crippen LogP contribution >= 0.6 is 0 Å².